The summed E-state index contributed by atoms with van der Waals surface area (Å²) < 4.78 is 16.2. The van der Waals surface area contributed by atoms with Crippen molar-refractivity contribution < 1.29 is 14.2 Å². The molecule has 2 aromatic carbocycles. The van der Waals surface area contributed by atoms with Crippen LogP contribution in [0.2, 0.25) is 0 Å². The second-order valence-corrected chi connectivity index (χ2v) is 7.00. The SMILES string of the molecule is COc1ccc(CN=C(N)NCC2(c3ccccc3)CCOCC2)cc1OC.I. The predicted molar refractivity (Wildman–Crippen MR) is 126 cm³/mol. The van der Waals surface area contributed by atoms with Gasteiger partial charge < -0.3 is 25.3 Å². The summed E-state index contributed by atoms with van der Waals surface area (Å²) in [6, 6.07) is 16.3. The molecule has 3 N–H and O–H groups in total. The number of nitrogens with zero attached hydrogens (tertiary/aromatic N) is 1. The van der Waals surface area contributed by atoms with Gasteiger partial charge in [0.2, 0.25) is 0 Å². The summed E-state index contributed by atoms with van der Waals surface area (Å²) in [4.78, 5) is 4.49. The second-order valence-electron chi connectivity index (χ2n) is 7.00. The molecule has 0 spiro atoms. The number of hydrogen-bond acceptors (Lipinski definition) is 4. The maximum absolute atomic E-state index is 6.15. The van der Waals surface area contributed by atoms with Gasteiger partial charge in [-0.2, -0.15) is 0 Å². The molecule has 7 heteroatoms. The third kappa shape index (κ3) is 5.99. The lowest BCUT2D eigenvalue weighted by molar-refractivity contribution is 0.0514. The molecule has 0 bridgehead atoms. The first-order valence-electron chi connectivity index (χ1n) is 9.55. The molecular weight excluding hydrogens is 481 g/mol. The number of nitrogens with one attached hydrogen (secondary N) is 1. The molecule has 1 fully saturated rings. The standard InChI is InChI=1S/C22H29N3O3.HI/c1-26-19-9-8-17(14-20(19)27-2)15-24-21(23)25-16-22(10-12-28-13-11-22)18-6-4-3-5-7-18;/h3-9,14H,10-13,15-16H2,1-2H3,(H3,23,24,25);1H. The van der Waals surface area contributed by atoms with Crippen LogP contribution in [0.1, 0.15) is 24.0 Å². The number of nitrogens with two attached hydrogens (primary N) is 1. The molecule has 1 saturated heterocycles. The molecule has 2 aromatic rings. The Bertz CT molecular complexity index is 793. The predicted octanol–water partition coefficient (Wildman–Crippen LogP) is 3.47. The van der Waals surface area contributed by atoms with E-state index in [1.54, 1.807) is 14.2 Å². The normalized spacial score (nSPS) is 15.9. The first kappa shape index (κ1) is 23.3. The van der Waals surface area contributed by atoms with E-state index in [4.69, 9.17) is 19.9 Å². The smallest absolute Gasteiger partial charge is 0.188 e. The number of hydrogen-bond donors (Lipinski definition) is 2. The number of ether oxygens (including phenoxy) is 3. The molecule has 1 aliphatic heterocycles. The zero-order valence-electron chi connectivity index (χ0n) is 17.0. The van der Waals surface area contributed by atoms with Gasteiger partial charge in [-0.1, -0.05) is 36.4 Å². The Hall–Kier alpha value is -2.00. The van der Waals surface area contributed by atoms with Crippen molar-refractivity contribution in [2.24, 2.45) is 10.7 Å². The van der Waals surface area contributed by atoms with E-state index in [1.807, 2.05) is 24.3 Å². The summed E-state index contributed by atoms with van der Waals surface area (Å²) in [5, 5.41) is 3.33. The fourth-order valence-electron chi connectivity index (χ4n) is 3.59. The zero-order valence-corrected chi connectivity index (χ0v) is 19.3. The topological polar surface area (TPSA) is 78.1 Å². The van der Waals surface area contributed by atoms with E-state index in [1.165, 1.54) is 5.56 Å². The van der Waals surface area contributed by atoms with Crippen molar-refractivity contribution in [1.29, 1.82) is 0 Å². The van der Waals surface area contributed by atoms with Crippen LogP contribution in [-0.2, 0) is 16.7 Å². The summed E-state index contributed by atoms with van der Waals surface area (Å²) >= 11 is 0. The van der Waals surface area contributed by atoms with Crippen molar-refractivity contribution in [1.82, 2.24) is 5.32 Å². The van der Waals surface area contributed by atoms with Crippen molar-refractivity contribution in [3.8, 4) is 11.5 Å². The first-order chi connectivity index (χ1) is 13.7. The van der Waals surface area contributed by atoms with Gasteiger partial charge in [-0.05, 0) is 36.1 Å². The highest BCUT2D eigenvalue weighted by atomic mass is 127. The van der Waals surface area contributed by atoms with Gasteiger partial charge in [-0.15, -0.1) is 24.0 Å². The fourth-order valence-corrected chi connectivity index (χ4v) is 3.59. The van der Waals surface area contributed by atoms with Crippen LogP contribution >= 0.6 is 24.0 Å². The summed E-state index contributed by atoms with van der Waals surface area (Å²) in [6.07, 6.45) is 1.93. The van der Waals surface area contributed by atoms with Gasteiger partial charge >= 0.3 is 0 Å². The molecule has 0 amide bonds. The third-order valence-electron chi connectivity index (χ3n) is 5.32. The van der Waals surface area contributed by atoms with Crippen molar-refractivity contribution in [3.63, 3.8) is 0 Å². The van der Waals surface area contributed by atoms with Crippen LogP contribution in [0.3, 0.4) is 0 Å². The van der Waals surface area contributed by atoms with E-state index >= 15 is 0 Å². The molecule has 0 radical (unpaired) electrons. The first-order valence-corrected chi connectivity index (χ1v) is 9.55. The second kappa shape index (κ2) is 11.3. The largest absolute Gasteiger partial charge is 0.493 e. The van der Waals surface area contributed by atoms with Crippen LogP contribution in [-0.4, -0.2) is 39.9 Å². The lowest BCUT2D eigenvalue weighted by atomic mass is 9.74. The minimum Gasteiger partial charge on any atom is -0.493 e. The van der Waals surface area contributed by atoms with E-state index in [0.29, 0.717) is 24.0 Å². The molecule has 0 unspecified atom stereocenters. The van der Waals surface area contributed by atoms with Gasteiger partial charge in [-0.25, -0.2) is 4.99 Å². The molecule has 6 nitrogen and oxygen atoms in total. The van der Waals surface area contributed by atoms with E-state index < -0.39 is 0 Å². The van der Waals surface area contributed by atoms with Crippen molar-refractivity contribution >= 4 is 29.9 Å². The van der Waals surface area contributed by atoms with Gasteiger partial charge in [0.15, 0.2) is 17.5 Å². The van der Waals surface area contributed by atoms with Crippen molar-refractivity contribution in [2.45, 2.75) is 24.8 Å². The molecule has 0 atom stereocenters. The van der Waals surface area contributed by atoms with E-state index in [9.17, 15) is 0 Å². The highest BCUT2D eigenvalue weighted by Gasteiger charge is 2.34. The molecule has 0 aromatic heterocycles. The van der Waals surface area contributed by atoms with E-state index in [2.05, 4.69) is 34.6 Å². The highest BCUT2D eigenvalue weighted by molar-refractivity contribution is 14.0. The summed E-state index contributed by atoms with van der Waals surface area (Å²) in [6.45, 7) is 2.74. The Kier molecular flexibility index (Phi) is 9.03. The molecule has 1 heterocycles. The van der Waals surface area contributed by atoms with Crippen LogP contribution in [0.5, 0.6) is 11.5 Å². The van der Waals surface area contributed by atoms with Gasteiger partial charge in [0, 0.05) is 25.2 Å². The average Bonchev–Trinajstić information content (AvgIpc) is 2.77. The Morgan fingerprint density at radius 2 is 1.76 bits per heavy atom. The van der Waals surface area contributed by atoms with Gasteiger partial charge in [0.05, 0.1) is 20.8 Å². The number of rotatable bonds is 7. The van der Waals surface area contributed by atoms with E-state index in [-0.39, 0.29) is 29.4 Å². The van der Waals surface area contributed by atoms with Crippen LogP contribution in [0, 0.1) is 0 Å². The Morgan fingerprint density at radius 3 is 2.41 bits per heavy atom. The number of benzene rings is 2. The molecule has 0 aliphatic carbocycles. The van der Waals surface area contributed by atoms with Gasteiger partial charge in [0.1, 0.15) is 0 Å². The highest BCUT2D eigenvalue weighted by Crippen LogP contribution is 2.34. The van der Waals surface area contributed by atoms with Crippen LogP contribution in [0.25, 0.3) is 0 Å². The van der Waals surface area contributed by atoms with Crippen LogP contribution in [0.4, 0.5) is 0 Å². The number of halogens is 1. The minimum absolute atomic E-state index is 0. The monoisotopic (exact) mass is 511 g/mol. The Labute approximate surface area is 189 Å². The van der Waals surface area contributed by atoms with Crippen molar-refractivity contribution in [3.05, 3.63) is 59.7 Å². The quantitative estimate of drug-likeness (QED) is 0.338. The molecule has 29 heavy (non-hydrogen) atoms. The van der Waals surface area contributed by atoms with Gasteiger partial charge in [0.25, 0.3) is 0 Å². The Balaban J connectivity index is 0.00000300. The average molecular weight is 511 g/mol. The summed E-state index contributed by atoms with van der Waals surface area (Å²) in [7, 11) is 3.24. The maximum Gasteiger partial charge on any atom is 0.188 e. The number of aliphatic imine (C=N–C) groups is 1. The van der Waals surface area contributed by atoms with Gasteiger partial charge in [-0.3, -0.25) is 0 Å². The molecule has 1 aliphatic rings. The lowest BCUT2D eigenvalue weighted by Crippen LogP contribution is -2.46. The molecular formula is C22H30IN3O3. The lowest BCUT2D eigenvalue weighted by Gasteiger charge is -2.38. The zero-order chi connectivity index (χ0) is 19.8. The van der Waals surface area contributed by atoms with Crippen molar-refractivity contribution in [2.75, 3.05) is 34.0 Å². The molecule has 3 rings (SSSR count). The minimum atomic E-state index is 0. The maximum atomic E-state index is 6.15. The van der Waals surface area contributed by atoms with Crippen LogP contribution < -0.4 is 20.5 Å². The summed E-state index contributed by atoms with van der Waals surface area (Å²) in [5.41, 5.74) is 8.49. The number of guanidine groups is 1. The molecule has 0 saturated carbocycles. The van der Waals surface area contributed by atoms with E-state index in [0.717, 1.165) is 38.2 Å². The summed E-state index contributed by atoms with van der Waals surface area (Å²) in [5.74, 6) is 1.83. The fraction of sp³-hybridized carbons (Fsp3) is 0.409. The molecule has 158 valence electrons. The number of methoxy groups -OCH3 is 2. The third-order valence-corrected chi connectivity index (χ3v) is 5.32. The van der Waals surface area contributed by atoms with Crippen LogP contribution in [0.15, 0.2) is 53.5 Å². The Morgan fingerprint density at radius 1 is 1.07 bits per heavy atom.